The number of hydrogen-bond acceptors (Lipinski definition) is 10. The molecular weight excluding hydrogens is 901 g/mol. The van der Waals surface area contributed by atoms with E-state index in [1.807, 2.05) is 28.8 Å². The number of benzene rings is 3. The third-order valence-corrected chi connectivity index (χ3v) is 11.9. The third-order valence-electron chi connectivity index (χ3n) is 11.7. The molecule has 0 aliphatic heterocycles. The van der Waals surface area contributed by atoms with E-state index in [1.54, 1.807) is 6.33 Å². The van der Waals surface area contributed by atoms with Crippen LogP contribution in [0.5, 0.6) is 0 Å². The Morgan fingerprint density at radius 1 is 0.773 bits per heavy atom. The predicted molar refractivity (Wildman–Crippen MR) is 272 cm³/mol. The Morgan fingerprint density at radius 2 is 1.36 bits per heavy atom. The van der Waals surface area contributed by atoms with Gasteiger partial charge in [0.25, 0.3) is 0 Å². The van der Waals surface area contributed by atoms with E-state index in [-0.39, 0.29) is 54.0 Å². The second kappa shape index (κ2) is 31.0. The molecule has 0 saturated heterocycles. The fraction of sp³-hybridized carbons (Fsp3) is 0.520. The third kappa shape index (κ3) is 19.8. The first kappa shape index (κ1) is 57.1. The van der Waals surface area contributed by atoms with Gasteiger partial charge in [-0.1, -0.05) is 158 Å². The molecule has 0 unspecified atom stereocenters. The van der Waals surface area contributed by atoms with Gasteiger partial charge in [-0.15, -0.1) is 12.4 Å². The molecule has 0 amide bonds. The molecule has 0 radical (unpaired) electrons. The molecule has 1 saturated carbocycles. The first-order chi connectivity index (χ1) is 31.0. The average molecular weight is 973 g/mol. The van der Waals surface area contributed by atoms with E-state index in [0.717, 1.165) is 48.2 Å². The summed E-state index contributed by atoms with van der Waals surface area (Å²) in [6.45, 7) is 5.15. The Hall–Kier alpha value is -3.27. The van der Waals surface area contributed by atoms with Crippen LogP contribution in [0.15, 0.2) is 85.2 Å². The summed E-state index contributed by atoms with van der Waals surface area (Å²) in [5.74, 6) is 2.43. The van der Waals surface area contributed by atoms with Crippen LogP contribution in [0.4, 0.5) is 17.5 Å². The molecule has 1 fully saturated rings. The molecule has 0 spiro atoms. The minimum absolute atomic E-state index is 0. The molecule has 356 valence electrons. The van der Waals surface area contributed by atoms with Crippen molar-refractivity contribution < 1.29 is 42.5 Å². The SMILES string of the molecule is CCCCCCCCCCCCCCCCCc1nc2ccccc2n1-c1ccccc1.CCn1cnc2c(Nc3cccc(Cl)c3)nc(N[C@@H]3CCCC[C@@H]3N)nc21.CS(=O)(=O)[O-].Cl.[Na+]. The van der Waals surface area contributed by atoms with Crippen LogP contribution in [0.1, 0.15) is 142 Å². The first-order valence-corrected chi connectivity index (χ1v) is 25.9. The van der Waals surface area contributed by atoms with Crippen molar-refractivity contribution in [1.82, 2.24) is 29.1 Å². The standard InChI is InChI=1S/C30H44N2.C19H24ClN7.CH4O3S.ClH.Na/c1-2-3-4-5-6-7-8-9-10-11-12-13-14-15-19-26-30-31-28-24-20-21-25-29(28)32(30)27-22-17-16-18-23-27;1-2-27-11-22-16-17(23-13-7-5-6-12(20)10-13)25-19(26-18(16)27)24-15-9-4-3-8-14(15)21;1-5(2,3)4;;/h16-18,20-25H,2-15,19,26H2,1H3;5-7,10-11,14-15H,2-4,8-9,21H2,1H3,(H2,23,24,25,26);1H3,(H,2,3,4);1H;/q;;;;+1/p-1/t;14-,15+;;;/m.0.../s1. The number of nitrogens with one attached hydrogen (secondary N) is 2. The van der Waals surface area contributed by atoms with Crippen molar-refractivity contribution in [2.45, 2.75) is 161 Å². The summed E-state index contributed by atoms with van der Waals surface area (Å²) < 4.78 is 31.6. The van der Waals surface area contributed by atoms with E-state index in [2.05, 4.69) is 88.6 Å². The van der Waals surface area contributed by atoms with Crippen LogP contribution in [-0.4, -0.2) is 60.4 Å². The van der Waals surface area contributed by atoms with Gasteiger partial charge in [0.2, 0.25) is 5.95 Å². The van der Waals surface area contributed by atoms with Gasteiger partial charge in [0.1, 0.15) is 5.82 Å². The number of rotatable bonds is 22. The zero-order valence-corrected chi connectivity index (χ0v) is 44.2. The van der Waals surface area contributed by atoms with Crippen molar-refractivity contribution in [3.8, 4) is 5.69 Å². The van der Waals surface area contributed by atoms with Gasteiger partial charge in [0.15, 0.2) is 17.0 Å². The van der Waals surface area contributed by atoms with Crippen LogP contribution in [-0.2, 0) is 23.1 Å². The summed E-state index contributed by atoms with van der Waals surface area (Å²) >= 11 is 6.11. The normalized spacial score (nSPS) is 14.6. The van der Waals surface area contributed by atoms with Crippen LogP contribution in [0, 0.1) is 0 Å². The Bertz CT molecular complexity index is 2380. The molecule has 3 aromatic heterocycles. The van der Waals surface area contributed by atoms with E-state index < -0.39 is 10.1 Å². The van der Waals surface area contributed by atoms with Crippen molar-refractivity contribution in [2.75, 3.05) is 16.9 Å². The Kier molecular flexibility index (Phi) is 26.8. The van der Waals surface area contributed by atoms with Gasteiger partial charge in [-0.05, 0) is 68.7 Å². The van der Waals surface area contributed by atoms with E-state index in [9.17, 15) is 0 Å². The molecule has 7 rings (SSSR count). The second-order valence-electron chi connectivity index (χ2n) is 17.0. The summed E-state index contributed by atoms with van der Waals surface area (Å²) in [4.78, 5) is 18.9. The molecule has 1 aliphatic carbocycles. The fourth-order valence-electron chi connectivity index (χ4n) is 8.30. The van der Waals surface area contributed by atoms with E-state index in [0.29, 0.717) is 23.0 Å². The molecule has 2 atom stereocenters. The number of nitrogens with zero attached hydrogens (tertiary/aromatic N) is 6. The van der Waals surface area contributed by atoms with Crippen molar-refractivity contribution in [1.29, 1.82) is 0 Å². The van der Waals surface area contributed by atoms with Gasteiger partial charge in [0, 0.05) is 47.7 Å². The Balaban J connectivity index is 0.000000312. The Labute approximate surface area is 427 Å². The van der Waals surface area contributed by atoms with E-state index in [1.165, 1.54) is 126 Å². The number of nitrogens with two attached hydrogens (primary N) is 1. The maximum atomic E-state index is 9.08. The summed E-state index contributed by atoms with van der Waals surface area (Å²) in [5.41, 5.74) is 12.2. The van der Waals surface area contributed by atoms with Crippen molar-refractivity contribution in [3.63, 3.8) is 0 Å². The number of fused-ring (bicyclic) bond motifs is 2. The van der Waals surface area contributed by atoms with Crippen molar-refractivity contribution in [2.24, 2.45) is 5.73 Å². The van der Waals surface area contributed by atoms with Gasteiger partial charge in [-0.2, -0.15) is 9.97 Å². The average Bonchev–Trinajstić information content (AvgIpc) is 3.87. The molecule has 3 aromatic carbocycles. The van der Waals surface area contributed by atoms with Gasteiger partial charge in [0.05, 0.1) is 27.5 Å². The zero-order valence-electron chi connectivity index (χ0n) is 39.8. The van der Waals surface area contributed by atoms with E-state index in [4.69, 9.17) is 45.3 Å². The second-order valence-corrected chi connectivity index (χ2v) is 18.9. The van der Waals surface area contributed by atoms with Gasteiger partial charge >= 0.3 is 29.6 Å². The minimum Gasteiger partial charge on any atom is -0.748 e. The number of halogens is 2. The minimum atomic E-state index is -3.92. The smallest absolute Gasteiger partial charge is 0.748 e. The van der Waals surface area contributed by atoms with Gasteiger partial charge in [-0.3, -0.25) is 4.57 Å². The molecule has 4 N–H and O–H groups in total. The van der Waals surface area contributed by atoms with Crippen LogP contribution in [0.3, 0.4) is 0 Å². The summed E-state index contributed by atoms with van der Waals surface area (Å²) in [6, 6.07) is 27.0. The molecule has 3 heterocycles. The fourth-order valence-corrected chi connectivity index (χ4v) is 8.49. The molecule has 6 aromatic rings. The quantitative estimate of drug-likeness (QED) is 0.0338. The molecule has 0 bridgehead atoms. The monoisotopic (exact) mass is 971 g/mol. The molecule has 16 heteroatoms. The van der Waals surface area contributed by atoms with Crippen LogP contribution in [0.25, 0.3) is 27.9 Å². The molecular formula is C50H72Cl2N9NaO3S. The van der Waals surface area contributed by atoms with Crippen molar-refractivity contribution in [3.05, 3.63) is 96.0 Å². The molecule has 66 heavy (non-hydrogen) atoms. The summed E-state index contributed by atoms with van der Waals surface area (Å²) in [7, 11) is -3.92. The van der Waals surface area contributed by atoms with Gasteiger partial charge in [-0.25, -0.2) is 18.4 Å². The Morgan fingerprint density at radius 3 is 1.97 bits per heavy atom. The maximum Gasteiger partial charge on any atom is 1.00 e. The number of para-hydroxylation sites is 3. The van der Waals surface area contributed by atoms with Crippen LogP contribution in [0.2, 0.25) is 5.02 Å². The first-order valence-electron chi connectivity index (χ1n) is 23.7. The summed E-state index contributed by atoms with van der Waals surface area (Å²) in [6.07, 6.45) is 29.0. The largest absolute Gasteiger partial charge is 1.00 e. The number of aryl methyl sites for hydroxylation is 2. The van der Waals surface area contributed by atoms with Crippen molar-refractivity contribution >= 4 is 73.8 Å². The zero-order chi connectivity index (χ0) is 45.6. The maximum absolute atomic E-state index is 9.08. The molecule has 1 aliphatic rings. The topological polar surface area (TPSA) is 169 Å². The number of imidazole rings is 2. The van der Waals surface area contributed by atoms with Crippen LogP contribution >= 0.6 is 24.0 Å². The summed E-state index contributed by atoms with van der Waals surface area (Å²) in [5, 5.41) is 7.44. The molecule has 12 nitrogen and oxygen atoms in total. The number of anilines is 3. The predicted octanol–water partition coefficient (Wildman–Crippen LogP) is 9.95. The number of aromatic nitrogens is 6. The number of unbranched alkanes of at least 4 members (excludes halogenated alkanes) is 14. The van der Waals surface area contributed by atoms with Crippen LogP contribution < -0.4 is 45.9 Å². The van der Waals surface area contributed by atoms with E-state index >= 15 is 0 Å². The van der Waals surface area contributed by atoms with Gasteiger partial charge < -0.3 is 25.5 Å². The number of hydrogen-bond donors (Lipinski definition) is 3.